The molecule has 0 saturated carbocycles. The molecule has 0 bridgehead atoms. The summed E-state index contributed by atoms with van der Waals surface area (Å²) >= 11 is 0. The third-order valence-corrected chi connectivity index (χ3v) is 2.74. The van der Waals surface area contributed by atoms with Crippen molar-refractivity contribution < 1.29 is 4.52 Å². The molecule has 4 heteroatoms. The van der Waals surface area contributed by atoms with Gasteiger partial charge in [0, 0.05) is 5.56 Å². The van der Waals surface area contributed by atoms with Crippen LogP contribution in [0.5, 0.6) is 0 Å². The molecule has 0 atom stereocenters. The second kappa shape index (κ2) is 5.58. The van der Waals surface area contributed by atoms with Crippen molar-refractivity contribution in [3.8, 4) is 11.1 Å². The maximum atomic E-state index is 5.85. The molecule has 2 aromatic rings. The largest absolute Gasteiger partial charge is 0.397 e. The first-order valence-corrected chi connectivity index (χ1v) is 6.09. The summed E-state index contributed by atoms with van der Waals surface area (Å²) in [7, 11) is 0. The lowest BCUT2D eigenvalue weighted by Gasteiger charge is -2.08. The van der Waals surface area contributed by atoms with Crippen LogP contribution in [0.2, 0.25) is 0 Å². The van der Waals surface area contributed by atoms with E-state index in [2.05, 4.69) is 5.16 Å². The third-order valence-electron chi connectivity index (χ3n) is 2.74. The maximum absolute atomic E-state index is 5.85. The van der Waals surface area contributed by atoms with E-state index in [0.717, 1.165) is 28.1 Å². The van der Waals surface area contributed by atoms with Crippen molar-refractivity contribution in [1.82, 2.24) is 5.16 Å². The van der Waals surface area contributed by atoms with Crippen molar-refractivity contribution >= 4 is 11.4 Å². The summed E-state index contributed by atoms with van der Waals surface area (Å²) in [5, 5.41) is 3.93. The number of aryl methyl sites for hydroxylation is 3. The number of rotatable bonds is 1. The van der Waals surface area contributed by atoms with E-state index >= 15 is 0 Å². The summed E-state index contributed by atoms with van der Waals surface area (Å²) < 4.78 is 5.14. The lowest BCUT2D eigenvalue weighted by molar-refractivity contribution is 0.393. The minimum absolute atomic E-state index is 0.593. The van der Waals surface area contributed by atoms with Gasteiger partial charge in [-0.25, -0.2) is 0 Å². The monoisotopic (exact) mass is 247 g/mol. The van der Waals surface area contributed by atoms with Crippen LogP contribution in [0.25, 0.3) is 11.1 Å². The first-order chi connectivity index (χ1) is 8.50. The van der Waals surface area contributed by atoms with E-state index in [-0.39, 0.29) is 0 Å². The highest BCUT2D eigenvalue weighted by Gasteiger charge is 2.13. The van der Waals surface area contributed by atoms with Crippen molar-refractivity contribution in [3.05, 3.63) is 29.2 Å². The van der Waals surface area contributed by atoms with Crippen LogP contribution in [0, 0.1) is 20.8 Å². The molecule has 4 N–H and O–H groups in total. The number of nitrogen functional groups attached to an aromatic ring is 2. The molecule has 0 radical (unpaired) electrons. The van der Waals surface area contributed by atoms with Gasteiger partial charge in [0.05, 0.1) is 17.1 Å². The van der Waals surface area contributed by atoms with Gasteiger partial charge in [0.1, 0.15) is 5.76 Å². The Hall–Kier alpha value is -1.97. The van der Waals surface area contributed by atoms with E-state index in [1.54, 1.807) is 0 Å². The molecule has 0 aliphatic heterocycles. The van der Waals surface area contributed by atoms with Crippen LogP contribution in [0.1, 0.15) is 30.9 Å². The molecule has 98 valence electrons. The fraction of sp³-hybridized carbons (Fsp3) is 0.357. The minimum atomic E-state index is 0.593. The van der Waals surface area contributed by atoms with Crippen LogP contribution in [-0.2, 0) is 0 Å². The van der Waals surface area contributed by atoms with E-state index < -0.39 is 0 Å². The topological polar surface area (TPSA) is 78.1 Å². The van der Waals surface area contributed by atoms with Gasteiger partial charge >= 0.3 is 0 Å². The summed E-state index contributed by atoms with van der Waals surface area (Å²) in [6.07, 6.45) is 0. The molecule has 0 saturated heterocycles. The van der Waals surface area contributed by atoms with Crippen LogP contribution >= 0.6 is 0 Å². The summed E-state index contributed by atoms with van der Waals surface area (Å²) in [5.41, 5.74) is 16.7. The predicted octanol–water partition coefficient (Wildman–Crippen LogP) is 3.46. The second-order valence-corrected chi connectivity index (χ2v) is 4.00. The second-order valence-electron chi connectivity index (χ2n) is 4.00. The molecule has 0 amide bonds. The predicted molar refractivity (Wildman–Crippen MR) is 76.3 cm³/mol. The van der Waals surface area contributed by atoms with Crippen molar-refractivity contribution in [2.24, 2.45) is 0 Å². The van der Waals surface area contributed by atoms with E-state index in [1.165, 1.54) is 0 Å². The van der Waals surface area contributed by atoms with E-state index in [4.69, 9.17) is 16.0 Å². The first kappa shape index (κ1) is 14.1. The zero-order valence-corrected chi connectivity index (χ0v) is 11.7. The number of nitrogens with zero attached hydrogens (tertiary/aromatic N) is 1. The Kier molecular flexibility index (Phi) is 4.37. The highest BCUT2D eigenvalue weighted by molar-refractivity contribution is 5.78. The van der Waals surface area contributed by atoms with Gasteiger partial charge in [-0.1, -0.05) is 19.0 Å². The molecule has 4 nitrogen and oxygen atoms in total. The molecule has 0 aliphatic rings. The number of anilines is 2. The average molecular weight is 247 g/mol. The quantitative estimate of drug-likeness (QED) is 0.756. The molecule has 0 spiro atoms. The van der Waals surface area contributed by atoms with Gasteiger partial charge in [-0.2, -0.15) is 0 Å². The minimum Gasteiger partial charge on any atom is -0.397 e. The molecule has 2 rings (SSSR count). The Morgan fingerprint density at radius 2 is 1.67 bits per heavy atom. The zero-order chi connectivity index (χ0) is 13.9. The molecule has 0 unspecified atom stereocenters. The number of aromatic nitrogens is 1. The normalized spacial score (nSPS) is 9.83. The Bertz CT molecular complexity index is 501. The van der Waals surface area contributed by atoms with Crippen molar-refractivity contribution in [2.75, 3.05) is 11.5 Å². The SMILES string of the molecule is CC.Cc1cc(-c2c(C)noc2C)cc(N)c1N. The van der Waals surface area contributed by atoms with Gasteiger partial charge in [-0.3, -0.25) is 0 Å². The van der Waals surface area contributed by atoms with Crippen LogP contribution in [0.15, 0.2) is 16.7 Å². The lowest BCUT2D eigenvalue weighted by Crippen LogP contribution is -1.98. The summed E-state index contributed by atoms with van der Waals surface area (Å²) in [6.45, 7) is 9.73. The van der Waals surface area contributed by atoms with Crippen molar-refractivity contribution in [2.45, 2.75) is 34.6 Å². The molecule has 1 heterocycles. The Labute approximate surface area is 108 Å². The Balaban J connectivity index is 0.000000771. The van der Waals surface area contributed by atoms with Crippen LogP contribution in [0.4, 0.5) is 11.4 Å². The van der Waals surface area contributed by atoms with Gasteiger partial charge < -0.3 is 16.0 Å². The molecule has 0 fully saturated rings. The summed E-state index contributed by atoms with van der Waals surface area (Å²) in [6, 6.07) is 3.85. The molecule has 18 heavy (non-hydrogen) atoms. The van der Waals surface area contributed by atoms with Crippen molar-refractivity contribution in [3.63, 3.8) is 0 Å². The van der Waals surface area contributed by atoms with Gasteiger partial charge in [0.15, 0.2) is 0 Å². The lowest BCUT2D eigenvalue weighted by atomic mass is 10.00. The van der Waals surface area contributed by atoms with Gasteiger partial charge in [0.25, 0.3) is 0 Å². The Morgan fingerprint density at radius 3 is 2.11 bits per heavy atom. The van der Waals surface area contributed by atoms with Gasteiger partial charge in [0.2, 0.25) is 0 Å². The number of benzene rings is 1. The fourth-order valence-corrected chi connectivity index (χ4v) is 1.87. The number of hydrogen-bond acceptors (Lipinski definition) is 4. The van der Waals surface area contributed by atoms with Crippen LogP contribution < -0.4 is 11.5 Å². The average Bonchev–Trinajstić information content (AvgIpc) is 2.68. The Morgan fingerprint density at radius 1 is 1.06 bits per heavy atom. The molecule has 1 aromatic carbocycles. The maximum Gasteiger partial charge on any atom is 0.141 e. The van der Waals surface area contributed by atoms with Crippen LogP contribution in [0.3, 0.4) is 0 Å². The zero-order valence-electron chi connectivity index (χ0n) is 11.7. The molecule has 0 aliphatic carbocycles. The van der Waals surface area contributed by atoms with E-state index in [1.807, 2.05) is 46.8 Å². The third kappa shape index (κ3) is 2.47. The summed E-state index contributed by atoms with van der Waals surface area (Å²) in [5.74, 6) is 0.793. The van der Waals surface area contributed by atoms with E-state index in [0.29, 0.717) is 11.4 Å². The smallest absolute Gasteiger partial charge is 0.141 e. The highest BCUT2D eigenvalue weighted by atomic mass is 16.5. The number of hydrogen-bond donors (Lipinski definition) is 2. The van der Waals surface area contributed by atoms with E-state index in [9.17, 15) is 0 Å². The summed E-state index contributed by atoms with van der Waals surface area (Å²) in [4.78, 5) is 0. The first-order valence-electron chi connectivity index (χ1n) is 6.09. The molecular formula is C14H21N3O. The fourth-order valence-electron chi connectivity index (χ4n) is 1.87. The molecule has 1 aromatic heterocycles. The standard InChI is InChI=1S/C12H15N3O.C2H6/c1-6-4-9(5-10(13)12(6)14)11-7(2)15-16-8(11)3;1-2/h4-5H,13-14H2,1-3H3;1-2H3. The van der Waals surface area contributed by atoms with Crippen LogP contribution in [-0.4, -0.2) is 5.16 Å². The number of nitrogens with two attached hydrogens (primary N) is 2. The van der Waals surface area contributed by atoms with Gasteiger partial charge in [-0.15, -0.1) is 0 Å². The van der Waals surface area contributed by atoms with Gasteiger partial charge in [-0.05, 0) is 44.0 Å². The van der Waals surface area contributed by atoms with Crippen molar-refractivity contribution in [1.29, 1.82) is 0 Å². The highest BCUT2D eigenvalue weighted by Crippen LogP contribution is 2.32. The molecular weight excluding hydrogens is 226 g/mol.